The van der Waals surface area contributed by atoms with E-state index < -0.39 is 5.97 Å². The number of pyridine rings is 1. The summed E-state index contributed by atoms with van der Waals surface area (Å²) < 4.78 is 0. The van der Waals surface area contributed by atoms with Crippen molar-refractivity contribution in [2.45, 2.75) is 18.9 Å². The van der Waals surface area contributed by atoms with E-state index >= 15 is 0 Å². The zero-order valence-electron chi connectivity index (χ0n) is 8.88. The lowest BCUT2D eigenvalue weighted by atomic mass is 10.2. The fourth-order valence-electron chi connectivity index (χ4n) is 1.46. The zero-order chi connectivity index (χ0) is 11.7. The summed E-state index contributed by atoms with van der Waals surface area (Å²) in [5.41, 5.74) is 0.380. The summed E-state index contributed by atoms with van der Waals surface area (Å²) >= 11 is 0. The molecule has 1 aliphatic rings. The quantitative estimate of drug-likeness (QED) is 0.825. The van der Waals surface area contributed by atoms with E-state index in [2.05, 4.69) is 4.98 Å². The van der Waals surface area contributed by atoms with Crippen molar-refractivity contribution in [2.75, 3.05) is 7.05 Å². The van der Waals surface area contributed by atoms with Gasteiger partial charge in [-0.1, -0.05) is 0 Å². The van der Waals surface area contributed by atoms with Crippen LogP contribution in [0.3, 0.4) is 0 Å². The summed E-state index contributed by atoms with van der Waals surface area (Å²) in [6.07, 6.45) is 3.28. The van der Waals surface area contributed by atoms with Gasteiger partial charge in [0.05, 0.1) is 5.56 Å². The highest BCUT2D eigenvalue weighted by Crippen LogP contribution is 2.26. The topological polar surface area (TPSA) is 70.5 Å². The van der Waals surface area contributed by atoms with Crippen molar-refractivity contribution in [3.8, 4) is 0 Å². The Hall–Kier alpha value is -1.91. The molecule has 2 rings (SSSR count). The third-order valence-corrected chi connectivity index (χ3v) is 2.64. The monoisotopic (exact) mass is 220 g/mol. The van der Waals surface area contributed by atoms with E-state index in [1.54, 1.807) is 11.9 Å². The molecule has 1 N–H and O–H groups in total. The van der Waals surface area contributed by atoms with Crippen LogP contribution >= 0.6 is 0 Å². The number of rotatable bonds is 3. The standard InChI is InChI=1S/C11H12N2O3/c1-13(8-3-4-8)10(14)9-5-2-7(6-12-9)11(15)16/h2,5-6,8H,3-4H2,1H3,(H,15,16). The summed E-state index contributed by atoms with van der Waals surface area (Å²) in [5, 5.41) is 8.69. The van der Waals surface area contributed by atoms with Crippen molar-refractivity contribution >= 4 is 11.9 Å². The number of amides is 1. The van der Waals surface area contributed by atoms with Gasteiger partial charge < -0.3 is 10.0 Å². The number of carbonyl (C=O) groups is 2. The molecule has 0 atom stereocenters. The Morgan fingerprint density at radius 3 is 2.56 bits per heavy atom. The average molecular weight is 220 g/mol. The van der Waals surface area contributed by atoms with E-state index in [1.807, 2.05) is 0 Å². The van der Waals surface area contributed by atoms with Gasteiger partial charge in [0.2, 0.25) is 0 Å². The molecule has 0 bridgehead atoms. The second-order valence-corrected chi connectivity index (χ2v) is 3.88. The van der Waals surface area contributed by atoms with Gasteiger partial charge >= 0.3 is 5.97 Å². The molecule has 1 aromatic rings. The smallest absolute Gasteiger partial charge is 0.337 e. The summed E-state index contributed by atoms with van der Waals surface area (Å²) in [4.78, 5) is 27.9. The Morgan fingerprint density at radius 2 is 2.12 bits per heavy atom. The second kappa shape index (κ2) is 3.92. The molecule has 5 heteroatoms. The van der Waals surface area contributed by atoms with Crippen molar-refractivity contribution in [2.24, 2.45) is 0 Å². The highest BCUT2D eigenvalue weighted by molar-refractivity contribution is 5.93. The fourth-order valence-corrected chi connectivity index (χ4v) is 1.46. The first-order valence-corrected chi connectivity index (χ1v) is 5.06. The number of carboxylic acids is 1. The molecule has 5 nitrogen and oxygen atoms in total. The van der Waals surface area contributed by atoms with E-state index in [9.17, 15) is 9.59 Å². The number of nitrogens with zero attached hydrogens (tertiary/aromatic N) is 2. The fraction of sp³-hybridized carbons (Fsp3) is 0.364. The van der Waals surface area contributed by atoms with E-state index in [0.717, 1.165) is 12.8 Å². The molecule has 0 unspecified atom stereocenters. The molecule has 0 spiro atoms. The largest absolute Gasteiger partial charge is 0.478 e. The van der Waals surface area contributed by atoms with Gasteiger partial charge in [-0.05, 0) is 25.0 Å². The Kier molecular flexibility index (Phi) is 2.60. The van der Waals surface area contributed by atoms with Gasteiger partial charge in [0.1, 0.15) is 5.69 Å². The first-order valence-electron chi connectivity index (χ1n) is 5.06. The summed E-state index contributed by atoms with van der Waals surface area (Å²) in [5.74, 6) is -1.19. The van der Waals surface area contributed by atoms with Crippen LogP contribution < -0.4 is 0 Å². The van der Waals surface area contributed by atoms with Crippen LogP contribution in [-0.2, 0) is 0 Å². The first kappa shape index (κ1) is 10.6. The van der Waals surface area contributed by atoms with Gasteiger partial charge in [-0.25, -0.2) is 4.79 Å². The minimum Gasteiger partial charge on any atom is -0.478 e. The van der Waals surface area contributed by atoms with Crippen LogP contribution in [0.15, 0.2) is 18.3 Å². The predicted molar refractivity (Wildman–Crippen MR) is 56.3 cm³/mol. The van der Waals surface area contributed by atoms with Gasteiger partial charge in [-0.2, -0.15) is 0 Å². The van der Waals surface area contributed by atoms with Crippen LogP contribution in [-0.4, -0.2) is 40.0 Å². The molecular formula is C11H12N2O3. The van der Waals surface area contributed by atoms with Crippen molar-refractivity contribution in [3.63, 3.8) is 0 Å². The zero-order valence-corrected chi connectivity index (χ0v) is 8.88. The molecular weight excluding hydrogens is 208 g/mol. The normalized spacial score (nSPS) is 14.6. The van der Waals surface area contributed by atoms with Crippen molar-refractivity contribution in [1.82, 2.24) is 9.88 Å². The van der Waals surface area contributed by atoms with Gasteiger partial charge in [0, 0.05) is 19.3 Å². The Morgan fingerprint density at radius 1 is 1.44 bits per heavy atom. The molecule has 1 fully saturated rings. The highest BCUT2D eigenvalue weighted by Gasteiger charge is 2.30. The van der Waals surface area contributed by atoms with Gasteiger partial charge in [0.25, 0.3) is 5.91 Å². The molecule has 84 valence electrons. The maximum Gasteiger partial charge on any atom is 0.337 e. The van der Waals surface area contributed by atoms with E-state index in [-0.39, 0.29) is 11.5 Å². The summed E-state index contributed by atoms with van der Waals surface area (Å²) in [6.45, 7) is 0. The van der Waals surface area contributed by atoms with Crippen LogP contribution in [0.1, 0.15) is 33.7 Å². The highest BCUT2D eigenvalue weighted by atomic mass is 16.4. The van der Waals surface area contributed by atoms with Gasteiger partial charge in [-0.3, -0.25) is 9.78 Å². The van der Waals surface area contributed by atoms with Crippen molar-refractivity contribution < 1.29 is 14.7 Å². The molecule has 16 heavy (non-hydrogen) atoms. The molecule has 0 saturated heterocycles. The number of carboxylic acid groups (broad SMARTS) is 1. The number of carbonyl (C=O) groups excluding carboxylic acids is 1. The lowest BCUT2D eigenvalue weighted by Crippen LogP contribution is -2.29. The van der Waals surface area contributed by atoms with Crippen molar-refractivity contribution in [3.05, 3.63) is 29.6 Å². The maximum atomic E-state index is 11.8. The SMILES string of the molecule is CN(C(=O)c1ccc(C(=O)O)cn1)C1CC1. The van der Waals surface area contributed by atoms with E-state index in [4.69, 9.17) is 5.11 Å². The van der Waals surface area contributed by atoms with Crippen molar-refractivity contribution in [1.29, 1.82) is 0 Å². The predicted octanol–water partition coefficient (Wildman–Crippen LogP) is 1.01. The van der Waals surface area contributed by atoms with Crippen LogP contribution in [0.2, 0.25) is 0 Å². The Labute approximate surface area is 92.7 Å². The van der Waals surface area contributed by atoms with Crippen LogP contribution in [0.25, 0.3) is 0 Å². The number of aromatic carboxylic acids is 1. The minimum absolute atomic E-state index is 0.0885. The van der Waals surface area contributed by atoms with Crippen LogP contribution in [0, 0.1) is 0 Å². The molecule has 1 aromatic heterocycles. The maximum absolute atomic E-state index is 11.8. The minimum atomic E-state index is -1.04. The van der Waals surface area contributed by atoms with Gasteiger partial charge in [0.15, 0.2) is 0 Å². The number of aromatic nitrogens is 1. The lowest BCUT2D eigenvalue weighted by Gasteiger charge is -2.15. The third-order valence-electron chi connectivity index (χ3n) is 2.64. The molecule has 1 saturated carbocycles. The van der Waals surface area contributed by atoms with Crippen LogP contribution in [0.5, 0.6) is 0 Å². The van der Waals surface area contributed by atoms with Gasteiger partial charge in [-0.15, -0.1) is 0 Å². The average Bonchev–Trinajstić information content (AvgIpc) is 3.11. The molecule has 0 aromatic carbocycles. The molecule has 0 aliphatic heterocycles. The summed E-state index contributed by atoms with van der Waals surface area (Å²) in [6, 6.07) is 3.17. The summed E-state index contributed by atoms with van der Waals surface area (Å²) in [7, 11) is 1.74. The number of hydrogen-bond acceptors (Lipinski definition) is 3. The lowest BCUT2D eigenvalue weighted by molar-refractivity contribution is 0.0693. The second-order valence-electron chi connectivity index (χ2n) is 3.88. The third kappa shape index (κ3) is 2.03. The molecule has 1 aliphatic carbocycles. The molecule has 0 radical (unpaired) electrons. The Balaban J connectivity index is 2.14. The molecule has 1 heterocycles. The first-order chi connectivity index (χ1) is 7.59. The number of hydrogen-bond donors (Lipinski definition) is 1. The van der Waals surface area contributed by atoms with E-state index in [1.165, 1.54) is 18.3 Å². The van der Waals surface area contributed by atoms with E-state index in [0.29, 0.717) is 11.7 Å². The Bertz CT molecular complexity index is 423. The van der Waals surface area contributed by atoms with Crippen LogP contribution in [0.4, 0.5) is 0 Å². The molecule has 1 amide bonds.